The van der Waals surface area contributed by atoms with Gasteiger partial charge in [0.1, 0.15) is 39.7 Å². The van der Waals surface area contributed by atoms with Crippen LogP contribution in [-0.4, -0.2) is 0 Å². The predicted octanol–water partition coefficient (Wildman–Crippen LogP) is 8.47. The third kappa shape index (κ3) is 5.53. The highest BCUT2D eigenvalue weighted by atomic mass is 19.4. The molecule has 0 aromatic heterocycles. The molecule has 0 aliphatic carbocycles. The molecule has 0 spiro atoms. The van der Waals surface area contributed by atoms with Gasteiger partial charge in [-0.15, -0.1) is 0 Å². The van der Waals surface area contributed by atoms with Crippen LogP contribution < -0.4 is 20.9 Å². The normalized spacial score (nSPS) is 12.6. The van der Waals surface area contributed by atoms with Gasteiger partial charge < -0.3 is 20.9 Å². The fraction of sp³-hybridized carbons (Fsp3) is 0.143. The molecule has 0 heterocycles. The van der Waals surface area contributed by atoms with E-state index in [0.717, 1.165) is 0 Å². The Balaban J connectivity index is 2.43. The van der Waals surface area contributed by atoms with Gasteiger partial charge in [-0.2, -0.15) is 48.3 Å². The molecule has 224 valence electrons. The molecule has 3 rings (SSSR count). The van der Waals surface area contributed by atoms with Gasteiger partial charge in [-0.1, -0.05) is 0 Å². The minimum Gasteiger partial charge on any atom is -0.450 e. The van der Waals surface area contributed by atoms with Crippen molar-refractivity contribution in [2.75, 3.05) is 11.5 Å². The SMILES string of the molecule is Nc1c(F)cc(C(F)(F)F)c(Oc2c(F)c(F)c(C(F)(F)F)c(Oc3c(C(F)(F)F)cc(F)c(N)c3F)c2F)c1F. The highest BCUT2D eigenvalue weighted by Gasteiger charge is 2.46. The maximum atomic E-state index is 15.2. The van der Waals surface area contributed by atoms with E-state index < -0.39 is 122 Å². The van der Waals surface area contributed by atoms with E-state index in [2.05, 4.69) is 9.47 Å². The number of rotatable bonds is 4. The second-order valence-corrected chi connectivity index (χ2v) is 7.60. The Kier molecular flexibility index (Phi) is 7.61. The lowest BCUT2D eigenvalue weighted by atomic mass is 10.1. The molecule has 0 aliphatic rings. The van der Waals surface area contributed by atoms with Gasteiger partial charge in [0, 0.05) is 0 Å². The summed E-state index contributed by atoms with van der Waals surface area (Å²) in [5.41, 5.74) is -2.36. The van der Waals surface area contributed by atoms with Crippen molar-refractivity contribution in [3.8, 4) is 23.0 Å². The summed E-state index contributed by atoms with van der Waals surface area (Å²) < 4.78 is 229. The molecular weight excluding hydrogens is 616 g/mol. The fourth-order valence-corrected chi connectivity index (χ4v) is 3.11. The Morgan fingerprint density at radius 2 is 0.805 bits per heavy atom. The van der Waals surface area contributed by atoms with Crippen molar-refractivity contribution in [1.82, 2.24) is 0 Å². The van der Waals surface area contributed by atoms with E-state index in [1.54, 1.807) is 0 Å². The van der Waals surface area contributed by atoms with Crippen molar-refractivity contribution < 1.29 is 79.7 Å². The third-order valence-corrected chi connectivity index (χ3v) is 4.96. The Bertz CT molecular complexity index is 1540. The zero-order chi connectivity index (χ0) is 31.6. The summed E-state index contributed by atoms with van der Waals surface area (Å²) >= 11 is 0. The van der Waals surface area contributed by atoms with Crippen molar-refractivity contribution in [1.29, 1.82) is 0 Å². The van der Waals surface area contributed by atoms with Crippen LogP contribution in [0.4, 0.5) is 81.6 Å². The summed E-state index contributed by atoms with van der Waals surface area (Å²) in [6.45, 7) is 0. The first-order valence-electron chi connectivity index (χ1n) is 9.82. The van der Waals surface area contributed by atoms with Crippen molar-refractivity contribution >= 4 is 11.4 Å². The molecule has 0 radical (unpaired) electrons. The average Bonchev–Trinajstić information content (AvgIpc) is 2.82. The van der Waals surface area contributed by atoms with Gasteiger partial charge in [0.15, 0.2) is 34.7 Å². The summed E-state index contributed by atoms with van der Waals surface area (Å²) in [4.78, 5) is 0. The number of benzene rings is 3. The van der Waals surface area contributed by atoms with E-state index in [1.807, 2.05) is 0 Å². The largest absolute Gasteiger partial charge is 0.450 e. The van der Waals surface area contributed by atoms with Crippen LogP contribution in [0.25, 0.3) is 0 Å². The van der Waals surface area contributed by atoms with Gasteiger partial charge in [0.05, 0.1) is 0 Å². The Morgan fingerprint density at radius 3 is 1.15 bits per heavy atom. The summed E-state index contributed by atoms with van der Waals surface area (Å²) in [5.74, 6) is -29.7. The molecule has 0 bridgehead atoms. The molecule has 0 atom stereocenters. The van der Waals surface area contributed by atoms with Gasteiger partial charge in [0.2, 0.25) is 17.4 Å². The van der Waals surface area contributed by atoms with Crippen molar-refractivity contribution in [2.45, 2.75) is 18.5 Å². The van der Waals surface area contributed by atoms with E-state index in [1.165, 1.54) is 0 Å². The van der Waals surface area contributed by atoms with Gasteiger partial charge in [-0.3, -0.25) is 0 Å². The topological polar surface area (TPSA) is 70.5 Å². The lowest BCUT2D eigenvalue weighted by molar-refractivity contribution is -0.142. The van der Waals surface area contributed by atoms with Crippen LogP contribution in [-0.2, 0) is 18.5 Å². The zero-order valence-electron chi connectivity index (χ0n) is 18.7. The number of hydrogen-bond acceptors (Lipinski definition) is 4. The van der Waals surface area contributed by atoms with E-state index in [0.29, 0.717) is 0 Å². The Hall–Kier alpha value is -4.26. The van der Waals surface area contributed by atoms with Crippen LogP contribution in [0.15, 0.2) is 12.1 Å². The second-order valence-electron chi connectivity index (χ2n) is 7.60. The number of nitrogens with two attached hydrogens (primary N) is 2. The number of alkyl halides is 9. The Labute approximate surface area is 214 Å². The van der Waals surface area contributed by atoms with Gasteiger partial charge in [-0.05, 0) is 12.1 Å². The molecule has 4 nitrogen and oxygen atoms in total. The van der Waals surface area contributed by atoms with E-state index in [4.69, 9.17) is 11.5 Å². The maximum Gasteiger partial charge on any atom is 0.423 e. The molecular formula is C21H6F16N2O2. The van der Waals surface area contributed by atoms with Gasteiger partial charge >= 0.3 is 18.5 Å². The van der Waals surface area contributed by atoms with Crippen LogP contribution in [0, 0.1) is 40.7 Å². The number of nitrogen functional groups attached to an aromatic ring is 2. The quantitative estimate of drug-likeness (QED) is 0.174. The minimum atomic E-state index is -6.30. The molecule has 3 aromatic rings. The first-order valence-corrected chi connectivity index (χ1v) is 9.82. The first kappa shape index (κ1) is 31.3. The molecule has 3 aromatic carbocycles. The van der Waals surface area contributed by atoms with Crippen molar-refractivity contribution in [3.05, 3.63) is 69.5 Å². The van der Waals surface area contributed by atoms with Crippen LogP contribution in [0.1, 0.15) is 16.7 Å². The monoisotopic (exact) mass is 622 g/mol. The highest BCUT2D eigenvalue weighted by Crippen LogP contribution is 2.51. The van der Waals surface area contributed by atoms with Crippen LogP contribution >= 0.6 is 0 Å². The number of anilines is 2. The molecule has 0 fully saturated rings. The predicted molar refractivity (Wildman–Crippen MR) is 103 cm³/mol. The summed E-state index contributed by atoms with van der Waals surface area (Å²) in [5, 5.41) is 0. The summed E-state index contributed by atoms with van der Waals surface area (Å²) in [6.07, 6.45) is -18.0. The Morgan fingerprint density at radius 1 is 0.439 bits per heavy atom. The summed E-state index contributed by atoms with van der Waals surface area (Å²) in [6, 6.07) is -1.23. The fourth-order valence-electron chi connectivity index (χ4n) is 3.11. The minimum absolute atomic E-state index is 0.590. The molecule has 0 aliphatic heterocycles. The molecule has 0 saturated carbocycles. The molecule has 20 heteroatoms. The second kappa shape index (κ2) is 9.98. The van der Waals surface area contributed by atoms with Gasteiger partial charge in [0.25, 0.3) is 0 Å². The van der Waals surface area contributed by atoms with E-state index in [9.17, 15) is 65.9 Å². The molecule has 41 heavy (non-hydrogen) atoms. The lowest BCUT2D eigenvalue weighted by Crippen LogP contribution is -2.17. The standard InChI is InChI=1S/C21H6F16N2O2/c22-5-1-3(19(29,30)31)15(10(26)13(5)38)40-17-7(21(35,36)37)8(24)9(25)18(12(17)28)41-16-4(20(32,33)34)2-6(23)14(39)11(16)27/h1-2H,38-39H2. The van der Waals surface area contributed by atoms with E-state index >= 15 is 4.39 Å². The highest BCUT2D eigenvalue weighted by molar-refractivity contribution is 5.58. The van der Waals surface area contributed by atoms with Crippen LogP contribution in [0.3, 0.4) is 0 Å². The third-order valence-electron chi connectivity index (χ3n) is 4.96. The van der Waals surface area contributed by atoms with Gasteiger partial charge in [-0.25, -0.2) is 22.0 Å². The lowest BCUT2D eigenvalue weighted by Gasteiger charge is -2.22. The smallest absolute Gasteiger partial charge is 0.423 e. The van der Waals surface area contributed by atoms with E-state index in [-0.39, 0.29) is 0 Å². The molecule has 4 N–H and O–H groups in total. The number of hydrogen-bond donors (Lipinski definition) is 2. The molecule has 0 saturated heterocycles. The van der Waals surface area contributed by atoms with Crippen LogP contribution in [0.2, 0.25) is 0 Å². The van der Waals surface area contributed by atoms with Crippen molar-refractivity contribution in [3.63, 3.8) is 0 Å². The van der Waals surface area contributed by atoms with Crippen LogP contribution in [0.5, 0.6) is 23.0 Å². The maximum absolute atomic E-state index is 15.2. The average molecular weight is 622 g/mol. The number of halogens is 16. The summed E-state index contributed by atoms with van der Waals surface area (Å²) in [7, 11) is 0. The zero-order valence-corrected chi connectivity index (χ0v) is 18.7. The number of ether oxygens (including phenoxy) is 2. The molecule has 0 unspecified atom stereocenters. The first-order chi connectivity index (χ1) is 18.5. The molecule has 0 amide bonds. The van der Waals surface area contributed by atoms with Crippen molar-refractivity contribution in [2.24, 2.45) is 0 Å².